The van der Waals surface area contributed by atoms with Crippen LogP contribution in [0.1, 0.15) is 17.0 Å². The zero-order valence-electron chi connectivity index (χ0n) is 9.26. The van der Waals surface area contributed by atoms with Crippen molar-refractivity contribution in [3.05, 3.63) is 58.6 Å². The Kier molecular flexibility index (Phi) is 2.80. The molecule has 90 valence electrons. The van der Waals surface area contributed by atoms with Gasteiger partial charge in [0.15, 0.2) is 0 Å². The van der Waals surface area contributed by atoms with Gasteiger partial charge >= 0.3 is 5.97 Å². The second-order valence-electron chi connectivity index (χ2n) is 4.09. The van der Waals surface area contributed by atoms with Crippen LogP contribution in [0.5, 0.6) is 0 Å². The lowest BCUT2D eigenvalue weighted by Crippen LogP contribution is -2.17. The number of halogens is 1. The number of carbonyl (C=O) groups is 1. The van der Waals surface area contributed by atoms with E-state index in [1.807, 2.05) is 30.3 Å². The maximum absolute atomic E-state index is 11.5. The predicted octanol–water partition coefficient (Wildman–Crippen LogP) is 4.02. The molecule has 0 aliphatic carbocycles. The first kappa shape index (κ1) is 11.6. The fraction of sp³-hybridized carbons (Fsp3) is 0.0714. The van der Waals surface area contributed by atoms with Crippen LogP contribution in [0.4, 0.5) is 0 Å². The highest BCUT2D eigenvalue weighted by Crippen LogP contribution is 2.46. The molecule has 0 spiro atoms. The Labute approximate surface area is 114 Å². The van der Waals surface area contributed by atoms with Crippen LogP contribution in [-0.2, 0) is 4.79 Å². The van der Waals surface area contributed by atoms with E-state index in [1.54, 1.807) is 23.9 Å². The molecule has 0 bridgehead atoms. The summed E-state index contributed by atoms with van der Waals surface area (Å²) in [5.74, 6) is -1.47. The zero-order chi connectivity index (χ0) is 12.7. The highest BCUT2D eigenvalue weighted by molar-refractivity contribution is 7.99. The van der Waals surface area contributed by atoms with Gasteiger partial charge in [0, 0.05) is 14.8 Å². The van der Waals surface area contributed by atoms with Gasteiger partial charge in [-0.2, -0.15) is 0 Å². The lowest BCUT2D eigenvalue weighted by molar-refractivity contribution is -0.137. The van der Waals surface area contributed by atoms with E-state index < -0.39 is 11.9 Å². The van der Waals surface area contributed by atoms with Crippen LogP contribution in [-0.4, -0.2) is 11.1 Å². The number of hydrogen-bond donors (Lipinski definition) is 1. The molecular weight excluding hydrogens is 268 g/mol. The Balaban J connectivity index is 2.24. The third-order valence-corrected chi connectivity index (χ3v) is 4.40. The normalized spacial score (nSPS) is 16.8. The van der Waals surface area contributed by atoms with Gasteiger partial charge in [0.25, 0.3) is 0 Å². The Hall–Kier alpha value is -1.45. The van der Waals surface area contributed by atoms with Crippen molar-refractivity contribution >= 4 is 29.3 Å². The van der Waals surface area contributed by atoms with Crippen LogP contribution in [0.15, 0.2) is 52.3 Å². The molecule has 1 unspecified atom stereocenters. The highest BCUT2D eigenvalue weighted by atomic mass is 35.5. The van der Waals surface area contributed by atoms with E-state index in [9.17, 15) is 9.90 Å². The number of aliphatic carboxylic acids is 1. The van der Waals surface area contributed by atoms with Gasteiger partial charge in [0.1, 0.15) is 5.92 Å². The van der Waals surface area contributed by atoms with Gasteiger partial charge < -0.3 is 5.11 Å². The minimum atomic E-state index is -0.841. The van der Waals surface area contributed by atoms with Crippen molar-refractivity contribution in [1.29, 1.82) is 0 Å². The predicted molar refractivity (Wildman–Crippen MR) is 71.5 cm³/mol. The first-order chi connectivity index (χ1) is 8.66. The van der Waals surface area contributed by atoms with Crippen molar-refractivity contribution in [3.63, 3.8) is 0 Å². The summed E-state index contributed by atoms with van der Waals surface area (Å²) in [4.78, 5) is 13.5. The lowest BCUT2D eigenvalue weighted by atomic mass is 9.91. The number of rotatable bonds is 1. The molecular formula is C14H9ClO2S. The third-order valence-electron chi connectivity index (χ3n) is 2.98. The molecule has 0 saturated carbocycles. The van der Waals surface area contributed by atoms with E-state index in [0.29, 0.717) is 5.02 Å². The van der Waals surface area contributed by atoms with Crippen molar-refractivity contribution in [2.75, 3.05) is 0 Å². The van der Waals surface area contributed by atoms with Crippen LogP contribution >= 0.6 is 23.4 Å². The molecule has 18 heavy (non-hydrogen) atoms. The Bertz CT molecular complexity index is 639. The summed E-state index contributed by atoms with van der Waals surface area (Å²) >= 11 is 7.56. The van der Waals surface area contributed by atoms with Gasteiger partial charge in [0.05, 0.1) is 0 Å². The van der Waals surface area contributed by atoms with Crippen molar-refractivity contribution < 1.29 is 9.90 Å². The quantitative estimate of drug-likeness (QED) is 0.855. The van der Waals surface area contributed by atoms with E-state index in [1.165, 1.54) is 0 Å². The van der Waals surface area contributed by atoms with E-state index in [4.69, 9.17) is 11.6 Å². The number of carboxylic acid groups (broad SMARTS) is 1. The Morgan fingerprint density at radius 1 is 1.11 bits per heavy atom. The monoisotopic (exact) mass is 276 g/mol. The van der Waals surface area contributed by atoms with E-state index in [2.05, 4.69) is 0 Å². The number of fused-ring (bicyclic) bond motifs is 2. The van der Waals surface area contributed by atoms with Crippen LogP contribution in [0.2, 0.25) is 5.02 Å². The molecule has 1 atom stereocenters. The van der Waals surface area contributed by atoms with Crippen molar-refractivity contribution in [3.8, 4) is 0 Å². The second-order valence-corrected chi connectivity index (χ2v) is 5.61. The zero-order valence-corrected chi connectivity index (χ0v) is 10.8. The molecule has 0 saturated heterocycles. The molecule has 1 N–H and O–H groups in total. The number of benzene rings is 2. The first-order valence-corrected chi connectivity index (χ1v) is 6.65. The maximum Gasteiger partial charge on any atom is 0.315 e. The molecule has 3 rings (SSSR count). The van der Waals surface area contributed by atoms with Gasteiger partial charge in [-0.15, -0.1) is 0 Å². The van der Waals surface area contributed by atoms with Gasteiger partial charge in [-0.25, -0.2) is 0 Å². The molecule has 4 heteroatoms. The topological polar surface area (TPSA) is 37.3 Å². The van der Waals surface area contributed by atoms with E-state index in [0.717, 1.165) is 20.9 Å². The molecule has 1 aliphatic heterocycles. The average Bonchev–Trinajstić information content (AvgIpc) is 2.35. The molecule has 2 aromatic carbocycles. The summed E-state index contributed by atoms with van der Waals surface area (Å²) in [5.41, 5.74) is 1.61. The minimum Gasteiger partial charge on any atom is -0.481 e. The second kappa shape index (κ2) is 4.34. The van der Waals surface area contributed by atoms with E-state index >= 15 is 0 Å². The van der Waals surface area contributed by atoms with Gasteiger partial charge in [-0.1, -0.05) is 41.6 Å². The van der Waals surface area contributed by atoms with Gasteiger partial charge in [-0.3, -0.25) is 4.79 Å². The summed E-state index contributed by atoms with van der Waals surface area (Å²) in [6, 6.07) is 13.0. The minimum absolute atomic E-state index is 0.569. The fourth-order valence-electron chi connectivity index (χ4n) is 2.20. The van der Waals surface area contributed by atoms with Crippen LogP contribution in [0, 0.1) is 0 Å². The number of carboxylic acids is 1. The molecule has 2 aromatic rings. The smallest absolute Gasteiger partial charge is 0.315 e. The molecule has 0 aromatic heterocycles. The maximum atomic E-state index is 11.5. The summed E-state index contributed by atoms with van der Waals surface area (Å²) in [6.07, 6.45) is 0. The van der Waals surface area contributed by atoms with Crippen molar-refractivity contribution in [1.82, 2.24) is 0 Å². The van der Waals surface area contributed by atoms with E-state index in [-0.39, 0.29) is 0 Å². The molecule has 0 fully saturated rings. The summed E-state index contributed by atoms with van der Waals surface area (Å²) in [5, 5.41) is 10.0. The Morgan fingerprint density at radius 2 is 1.83 bits per heavy atom. The standard InChI is InChI=1S/C14H9ClO2S/c15-8-5-6-12-10(7-8)13(14(16)17)9-3-1-2-4-11(9)18-12/h1-7,13H,(H,16,17). The third kappa shape index (κ3) is 1.80. The first-order valence-electron chi connectivity index (χ1n) is 5.46. The largest absolute Gasteiger partial charge is 0.481 e. The SMILES string of the molecule is O=C(O)C1c2ccccc2Sc2ccc(Cl)cc21. The molecule has 0 amide bonds. The molecule has 1 aliphatic rings. The Morgan fingerprint density at radius 3 is 2.61 bits per heavy atom. The van der Waals surface area contributed by atoms with Gasteiger partial charge in [0.2, 0.25) is 0 Å². The summed E-state index contributed by atoms with van der Waals surface area (Å²) < 4.78 is 0. The summed E-state index contributed by atoms with van der Waals surface area (Å²) in [6.45, 7) is 0. The van der Waals surface area contributed by atoms with Crippen LogP contribution in [0.25, 0.3) is 0 Å². The number of hydrogen-bond acceptors (Lipinski definition) is 2. The summed E-state index contributed by atoms with van der Waals surface area (Å²) in [7, 11) is 0. The highest BCUT2D eigenvalue weighted by Gasteiger charge is 2.31. The van der Waals surface area contributed by atoms with Crippen LogP contribution < -0.4 is 0 Å². The fourth-order valence-corrected chi connectivity index (χ4v) is 3.50. The molecule has 1 heterocycles. The molecule has 2 nitrogen and oxygen atoms in total. The molecule has 0 radical (unpaired) electrons. The average molecular weight is 277 g/mol. The lowest BCUT2D eigenvalue weighted by Gasteiger charge is -2.25. The van der Waals surface area contributed by atoms with Crippen LogP contribution in [0.3, 0.4) is 0 Å². The van der Waals surface area contributed by atoms with Gasteiger partial charge in [-0.05, 0) is 35.4 Å². The van der Waals surface area contributed by atoms with Crippen molar-refractivity contribution in [2.45, 2.75) is 15.7 Å². The van der Waals surface area contributed by atoms with Crippen molar-refractivity contribution in [2.24, 2.45) is 0 Å².